The van der Waals surface area contributed by atoms with E-state index in [9.17, 15) is 4.79 Å². The maximum Gasteiger partial charge on any atom is 0.221 e. The summed E-state index contributed by atoms with van der Waals surface area (Å²) in [5.41, 5.74) is 6.43. The standard InChI is InChI=1S/C14H19N5O2/c1-9(15)7-13(20)16-8-12-17-14(19-18-12)10-3-5-11(21-2)6-4-10/h3-6,9H,7-8,15H2,1-2H3,(H,16,20)(H,17,18,19). The van der Waals surface area contributed by atoms with E-state index in [4.69, 9.17) is 10.5 Å². The van der Waals surface area contributed by atoms with E-state index >= 15 is 0 Å². The number of hydrogen-bond donors (Lipinski definition) is 3. The number of rotatable bonds is 6. The maximum atomic E-state index is 11.5. The van der Waals surface area contributed by atoms with Gasteiger partial charge in [0.05, 0.1) is 13.7 Å². The second-order valence-corrected chi connectivity index (χ2v) is 4.79. The fraction of sp³-hybridized carbons (Fsp3) is 0.357. The van der Waals surface area contributed by atoms with Gasteiger partial charge in [-0.1, -0.05) is 0 Å². The van der Waals surface area contributed by atoms with Gasteiger partial charge in [0.25, 0.3) is 0 Å². The smallest absolute Gasteiger partial charge is 0.221 e. The molecular weight excluding hydrogens is 270 g/mol. The van der Waals surface area contributed by atoms with Gasteiger partial charge in [-0.15, -0.1) is 0 Å². The first-order valence-electron chi connectivity index (χ1n) is 6.66. The number of aromatic nitrogens is 3. The quantitative estimate of drug-likeness (QED) is 0.730. The topological polar surface area (TPSA) is 106 Å². The number of nitrogens with one attached hydrogen (secondary N) is 2. The highest BCUT2D eigenvalue weighted by Gasteiger charge is 2.08. The van der Waals surface area contributed by atoms with Gasteiger partial charge in [-0.3, -0.25) is 9.89 Å². The Labute approximate surface area is 122 Å². The highest BCUT2D eigenvalue weighted by molar-refractivity contribution is 5.76. The summed E-state index contributed by atoms with van der Waals surface area (Å²) in [7, 11) is 1.62. The number of nitrogens with zero attached hydrogens (tertiary/aromatic N) is 2. The summed E-state index contributed by atoms with van der Waals surface area (Å²) in [6.07, 6.45) is 0.291. The third-order valence-corrected chi connectivity index (χ3v) is 2.84. The fourth-order valence-corrected chi connectivity index (χ4v) is 1.79. The summed E-state index contributed by atoms with van der Waals surface area (Å²) in [6, 6.07) is 7.28. The lowest BCUT2D eigenvalue weighted by Gasteiger charge is -2.04. The van der Waals surface area contributed by atoms with Crippen molar-refractivity contribution in [1.29, 1.82) is 0 Å². The lowest BCUT2D eigenvalue weighted by Crippen LogP contribution is -2.29. The van der Waals surface area contributed by atoms with E-state index in [1.165, 1.54) is 0 Å². The zero-order chi connectivity index (χ0) is 15.2. The van der Waals surface area contributed by atoms with E-state index in [1.807, 2.05) is 24.3 Å². The van der Waals surface area contributed by atoms with E-state index in [2.05, 4.69) is 20.5 Å². The Balaban J connectivity index is 1.96. The molecule has 1 unspecified atom stereocenters. The minimum Gasteiger partial charge on any atom is -0.497 e. The van der Waals surface area contributed by atoms with Gasteiger partial charge in [-0.05, 0) is 31.2 Å². The number of nitrogens with two attached hydrogens (primary N) is 1. The average molecular weight is 289 g/mol. The third-order valence-electron chi connectivity index (χ3n) is 2.84. The van der Waals surface area contributed by atoms with Crippen molar-refractivity contribution in [3.63, 3.8) is 0 Å². The molecule has 1 atom stereocenters. The van der Waals surface area contributed by atoms with E-state index < -0.39 is 0 Å². The molecule has 0 bridgehead atoms. The van der Waals surface area contributed by atoms with Crippen molar-refractivity contribution in [2.45, 2.75) is 25.9 Å². The second-order valence-electron chi connectivity index (χ2n) is 4.79. The molecule has 0 aliphatic heterocycles. The van der Waals surface area contributed by atoms with E-state index in [-0.39, 0.29) is 11.9 Å². The maximum absolute atomic E-state index is 11.5. The normalized spacial score (nSPS) is 12.0. The number of hydrogen-bond acceptors (Lipinski definition) is 5. The molecule has 1 aromatic heterocycles. The number of H-pyrrole nitrogens is 1. The van der Waals surface area contributed by atoms with Crippen molar-refractivity contribution in [2.75, 3.05) is 7.11 Å². The van der Waals surface area contributed by atoms with E-state index in [0.717, 1.165) is 11.3 Å². The molecule has 0 fully saturated rings. The first-order chi connectivity index (χ1) is 10.1. The van der Waals surface area contributed by atoms with Crippen LogP contribution in [0.1, 0.15) is 19.2 Å². The van der Waals surface area contributed by atoms with Crippen molar-refractivity contribution >= 4 is 5.91 Å². The van der Waals surface area contributed by atoms with Crippen LogP contribution in [-0.2, 0) is 11.3 Å². The van der Waals surface area contributed by atoms with Crippen LogP contribution in [0, 0.1) is 0 Å². The Kier molecular flexibility index (Phi) is 4.89. The number of carbonyl (C=O) groups is 1. The minimum atomic E-state index is -0.158. The first kappa shape index (κ1) is 15.0. The molecule has 1 aromatic carbocycles. The molecule has 0 aliphatic carbocycles. The van der Waals surface area contributed by atoms with Gasteiger partial charge in [-0.2, -0.15) is 5.10 Å². The van der Waals surface area contributed by atoms with Crippen LogP contribution >= 0.6 is 0 Å². The minimum absolute atomic E-state index is 0.104. The molecule has 7 heteroatoms. The molecule has 0 aliphatic rings. The molecule has 112 valence electrons. The first-order valence-corrected chi connectivity index (χ1v) is 6.66. The summed E-state index contributed by atoms with van der Waals surface area (Å²) in [5, 5.41) is 9.67. The summed E-state index contributed by atoms with van der Waals surface area (Å²) in [4.78, 5) is 15.8. The van der Waals surface area contributed by atoms with Crippen LogP contribution in [0.4, 0.5) is 0 Å². The largest absolute Gasteiger partial charge is 0.497 e. The van der Waals surface area contributed by atoms with Crippen LogP contribution in [0.15, 0.2) is 24.3 Å². The van der Waals surface area contributed by atoms with Crippen molar-refractivity contribution in [1.82, 2.24) is 20.5 Å². The molecule has 7 nitrogen and oxygen atoms in total. The molecule has 1 amide bonds. The van der Waals surface area contributed by atoms with Crippen LogP contribution in [0.3, 0.4) is 0 Å². The predicted octanol–water partition coefficient (Wildman–Crippen LogP) is 0.834. The molecular formula is C14H19N5O2. The Morgan fingerprint density at radius 2 is 2.14 bits per heavy atom. The van der Waals surface area contributed by atoms with Crippen LogP contribution in [0.5, 0.6) is 5.75 Å². The van der Waals surface area contributed by atoms with Gasteiger partial charge < -0.3 is 15.8 Å². The Morgan fingerprint density at radius 3 is 2.76 bits per heavy atom. The van der Waals surface area contributed by atoms with Gasteiger partial charge in [-0.25, -0.2) is 4.98 Å². The molecule has 0 saturated heterocycles. The van der Waals surface area contributed by atoms with Crippen molar-refractivity contribution in [3.8, 4) is 17.1 Å². The van der Waals surface area contributed by atoms with E-state index in [0.29, 0.717) is 24.6 Å². The summed E-state index contributed by atoms with van der Waals surface area (Å²) < 4.78 is 5.10. The number of ether oxygens (including phenoxy) is 1. The zero-order valence-electron chi connectivity index (χ0n) is 12.1. The second kappa shape index (κ2) is 6.85. The highest BCUT2D eigenvalue weighted by Crippen LogP contribution is 2.18. The van der Waals surface area contributed by atoms with Crippen molar-refractivity contribution in [2.24, 2.45) is 5.73 Å². The summed E-state index contributed by atoms with van der Waals surface area (Å²) >= 11 is 0. The Bertz CT molecular complexity index is 592. The highest BCUT2D eigenvalue weighted by atomic mass is 16.5. The molecule has 1 heterocycles. The predicted molar refractivity (Wildman–Crippen MR) is 78.5 cm³/mol. The molecule has 0 spiro atoms. The van der Waals surface area contributed by atoms with Crippen LogP contribution in [0.25, 0.3) is 11.4 Å². The van der Waals surface area contributed by atoms with Gasteiger partial charge >= 0.3 is 0 Å². The number of carbonyl (C=O) groups excluding carboxylic acids is 1. The van der Waals surface area contributed by atoms with Crippen LogP contribution in [-0.4, -0.2) is 34.2 Å². The van der Waals surface area contributed by atoms with Crippen LogP contribution in [0.2, 0.25) is 0 Å². The Hall–Kier alpha value is -2.41. The third kappa shape index (κ3) is 4.28. The molecule has 4 N–H and O–H groups in total. The summed E-state index contributed by atoms with van der Waals surface area (Å²) in [5.74, 6) is 1.85. The molecule has 0 saturated carbocycles. The molecule has 2 aromatic rings. The SMILES string of the molecule is COc1ccc(-c2n[nH]c(CNC(=O)CC(C)N)n2)cc1. The average Bonchev–Trinajstić information content (AvgIpc) is 2.93. The zero-order valence-corrected chi connectivity index (χ0v) is 12.1. The molecule has 2 rings (SSSR count). The number of amides is 1. The van der Waals surface area contributed by atoms with Crippen molar-refractivity contribution < 1.29 is 9.53 Å². The van der Waals surface area contributed by atoms with Gasteiger partial charge in [0.15, 0.2) is 5.82 Å². The lowest BCUT2D eigenvalue weighted by molar-refractivity contribution is -0.121. The number of methoxy groups -OCH3 is 1. The van der Waals surface area contributed by atoms with Gasteiger partial charge in [0.1, 0.15) is 11.6 Å². The van der Waals surface area contributed by atoms with Gasteiger partial charge in [0, 0.05) is 18.0 Å². The fourth-order valence-electron chi connectivity index (χ4n) is 1.79. The monoisotopic (exact) mass is 289 g/mol. The number of aromatic amines is 1. The molecule has 21 heavy (non-hydrogen) atoms. The lowest BCUT2D eigenvalue weighted by atomic mass is 10.2. The Morgan fingerprint density at radius 1 is 1.43 bits per heavy atom. The van der Waals surface area contributed by atoms with Crippen molar-refractivity contribution in [3.05, 3.63) is 30.1 Å². The molecule has 0 radical (unpaired) electrons. The summed E-state index contributed by atoms with van der Waals surface area (Å²) in [6.45, 7) is 2.09. The van der Waals surface area contributed by atoms with Gasteiger partial charge in [0.2, 0.25) is 5.91 Å². The number of benzene rings is 1. The van der Waals surface area contributed by atoms with Crippen LogP contribution < -0.4 is 15.8 Å². The van der Waals surface area contributed by atoms with E-state index in [1.54, 1.807) is 14.0 Å².